The van der Waals surface area contributed by atoms with Crippen molar-refractivity contribution in [1.82, 2.24) is 15.1 Å². The number of ether oxygens (including phenoxy) is 1. The van der Waals surface area contributed by atoms with Crippen LogP contribution in [0, 0.1) is 0 Å². The molecule has 57 heavy (non-hydrogen) atoms. The molecular formula is C47H82N4O5S. The highest BCUT2D eigenvalue weighted by Crippen LogP contribution is 2.37. The Labute approximate surface area is 351 Å². The van der Waals surface area contributed by atoms with Gasteiger partial charge in [-0.1, -0.05) is 129 Å². The third kappa shape index (κ3) is 24.1. The number of allylic oxidation sites excluding steroid dienone is 2. The molecule has 0 saturated heterocycles. The van der Waals surface area contributed by atoms with Gasteiger partial charge in [-0.2, -0.15) is 0 Å². The molecule has 2 N–H and O–H groups in total. The quantitative estimate of drug-likeness (QED) is 0.0401. The summed E-state index contributed by atoms with van der Waals surface area (Å²) in [6.45, 7) is 7.18. The fourth-order valence-electron chi connectivity index (χ4n) is 7.35. The summed E-state index contributed by atoms with van der Waals surface area (Å²) in [6, 6.07) is 0. The topological polar surface area (TPSA) is 108 Å². The van der Waals surface area contributed by atoms with Crippen LogP contribution in [0.15, 0.2) is 12.2 Å². The molecule has 0 bridgehead atoms. The number of likely N-dealkylation sites (N-methyl/N-ethyl adjacent to an activating group) is 1. The molecule has 1 aliphatic heterocycles. The Kier molecular flexibility index (Phi) is 29.3. The Morgan fingerprint density at radius 1 is 0.702 bits per heavy atom. The van der Waals surface area contributed by atoms with Gasteiger partial charge in [0.2, 0.25) is 11.8 Å². The first-order chi connectivity index (χ1) is 27.8. The van der Waals surface area contributed by atoms with Crippen LogP contribution in [0.3, 0.4) is 0 Å². The number of nitrogens with one attached hydrogen (secondary N) is 2. The average molecular weight is 815 g/mol. The number of fused-ring (bicyclic) bond motifs is 1. The van der Waals surface area contributed by atoms with Gasteiger partial charge in [0.1, 0.15) is 5.00 Å². The van der Waals surface area contributed by atoms with Gasteiger partial charge in [0, 0.05) is 43.8 Å². The fraction of sp³-hybridized carbons (Fsp3) is 0.787. The lowest BCUT2D eigenvalue weighted by molar-refractivity contribution is -0.144. The van der Waals surface area contributed by atoms with Gasteiger partial charge in [-0.05, 0) is 77.4 Å². The molecule has 0 radical (unpaired) electrons. The van der Waals surface area contributed by atoms with E-state index in [1.165, 1.54) is 114 Å². The number of unbranched alkanes of at least 4 members (excludes halogenated alkanes) is 20. The van der Waals surface area contributed by atoms with E-state index in [9.17, 15) is 19.2 Å². The highest BCUT2D eigenvalue weighted by molar-refractivity contribution is 7.17. The number of rotatable bonds is 35. The van der Waals surface area contributed by atoms with Crippen LogP contribution >= 0.6 is 11.3 Å². The Morgan fingerprint density at radius 2 is 1.25 bits per heavy atom. The molecule has 1 aromatic rings. The molecule has 1 aromatic heterocycles. The van der Waals surface area contributed by atoms with E-state index < -0.39 is 0 Å². The van der Waals surface area contributed by atoms with Crippen molar-refractivity contribution in [3.8, 4) is 0 Å². The van der Waals surface area contributed by atoms with Gasteiger partial charge in [0.15, 0.2) is 0 Å². The molecule has 3 amide bonds. The Balaban J connectivity index is 1.73. The smallest absolute Gasteiger partial charge is 0.305 e. The largest absolute Gasteiger partial charge is 0.466 e. The summed E-state index contributed by atoms with van der Waals surface area (Å²) in [7, 11) is 3.94. The van der Waals surface area contributed by atoms with E-state index in [0.717, 1.165) is 49.0 Å². The van der Waals surface area contributed by atoms with E-state index in [4.69, 9.17) is 4.74 Å². The predicted octanol–water partition coefficient (Wildman–Crippen LogP) is 11.5. The molecule has 0 aromatic carbocycles. The van der Waals surface area contributed by atoms with Crippen molar-refractivity contribution in [2.45, 2.75) is 200 Å². The maximum Gasteiger partial charge on any atom is 0.305 e. The SMILES string of the molecule is CCCCCCCC/C=C\CCCCCCCC(=O)Nc1sc2c(c1C(=O)NCCN(C)C)CCN(C(=O)CCCCC(=O)OCCCCCCCCCCC)C2. The molecule has 0 fully saturated rings. The standard InChI is InChI=1S/C47H82N4O5S/c1-5-7-9-11-13-15-16-17-18-19-20-21-23-25-27-31-42(52)49-47-45(46(55)48-35-37-50(3)4)40-34-36-51(39-41(40)57-47)43(53)32-28-29-33-44(54)56-38-30-26-24-22-14-12-10-8-6-2/h17-18H,5-16,19-39H2,1-4H3,(H,48,55)(H,49,52)/b18-17-. The minimum absolute atomic E-state index is 0.0591. The van der Waals surface area contributed by atoms with Crippen LogP contribution in [0.25, 0.3) is 0 Å². The zero-order valence-electron chi connectivity index (χ0n) is 36.8. The summed E-state index contributed by atoms with van der Waals surface area (Å²) in [5.41, 5.74) is 1.50. The molecule has 1 aliphatic rings. The minimum atomic E-state index is -0.175. The van der Waals surface area contributed by atoms with Crippen molar-refractivity contribution in [1.29, 1.82) is 0 Å². The van der Waals surface area contributed by atoms with Crippen LogP contribution in [0.2, 0.25) is 0 Å². The van der Waals surface area contributed by atoms with Crippen molar-refractivity contribution in [2.75, 3.05) is 45.7 Å². The van der Waals surface area contributed by atoms with Crippen molar-refractivity contribution in [2.24, 2.45) is 0 Å². The number of amides is 3. The lowest BCUT2D eigenvalue weighted by Crippen LogP contribution is -2.36. The van der Waals surface area contributed by atoms with Crippen molar-refractivity contribution in [3.63, 3.8) is 0 Å². The van der Waals surface area contributed by atoms with Crippen LogP contribution < -0.4 is 10.6 Å². The first-order valence-electron chi connectivity index (χ1n) is 23.2. The van der Waals surface area contributed by atoms with Gasteiger partial charge in [0.05, 0.1) is 18.7 Å². The number of thiophene rings is 1. The van der Waals surface area contributed by atoms with E-state index in [-0.39, 0.29) is 23.7 Å². The van der Waals surface area contributed by atoms with Gasteiger partial charge in [-0.25, -0.2) is 0 Å². The minimum Gasteiger partial charge on any atom is -0.466 e. The van der Waals surface area contributed by atoms with E-state index >= 15 is 0 Å². The Bertz CT molecular complexity index is 1280. The summed E-state index contributed by atoms with van der Waals surface area (Å²) in [5.74, 6) is -0.348. The highest BCUT2D eigenvalue weighted by atomic mass is 32.1. The normalized spacial score (nSPS) is 12.7. The van der Waals surface area contributed by atoms with Gasteiger partial charge >= 0.3 is 5.97 Å². The zero-order valence-corrected chi connectivity index (χ0v) is 37.6. The number of hydrogen-bond donors (Lipinski definition) is 2. The summed E-state index contributed by atoms with van der Waals surface area (Å²) in [5, 5.41) is 6.71. The second kappa shape index (κ2) is 33.1. The molecule has 326 valence electrons. The third-order valence-corrected chi connectivity index (χ3v) is 12.1. The van der Waals surface area contributed by atoms with E-state index in [1.54, 1.807) is 0 Å². The lowest BCUT2D eigenvalue weighted by atomic mass is 10.0. The number of carbonyl (C=O) groups is 4. The molecule has 2 rings (SSSR count). The maximum absolute atomic E-state index is 13.5. The van der Waals surface area contributed by atoms with Crippen LogP contribution in [0.5, 0.6) is 0 Å². The zero-order chi connectivity index (χ0) is 41.4. The number of hydrogen-bond acceptors (Lipinski definition) is 7. The predicted molar refractivity (Wildman–Crippen MR) is 239 cm³/mol. The molecule has 0 aliphatic carbocycles. The molecule has 2 heterocycles. The second-order valence-corrected chi connectivity index (χ2v) is 17.6. The first kappa shape index (κ1) is 50.4. The summed E-state index contributed by atoms with van der Waals surface area (Å²) in [4.78, 5) is 56.9. The Morgan fingerprint density at radius 3 is 1.86 bits per heavy atom. The molecule has 10 heteroatoms. The summed E-state index contributed by atoms with van der Waals surface area (Å²) < 4.78 is 5.43. The van der Waals surface area contributed by atoms with Crippen molar-refractivity contribution >= 4 is 40.0 Å². The Hall–Kier alpha value is -2.72. The van der Waals surface area contributed by atoms with Crippen LogP contribution in [-0.4, -0.2) is 73.8 Å². The summed E-state index contributed by atoms with van der Waals surface area (Å²) in [6.07, 6.45) is 34.5. The molecular weight excluding hydrogens is 733 g/mol. The molecule has 0 spiro atoms. The van der Waals surface area contributed by atoms with E-state index in [2.05, 4.69) is 36.6 Å². The van der Waals surface area contributed by atoms with Gasteiger partial charge in [-0.15, -0.1) is 11.3 Å². The maximum atomic E-state index is 13.5. The van der Waals surface area contributed by atoms with Crippen molar-refractivity contribution < 1.29 is 23.9 Å². The number of carbonyl (C=O) groups excluding carboxylic acids is 4. The molecule has 9 nitrogen and oxygen atoms in total. The third-order valence-electron chi connectivity index (χ3n) is 10.9. The van der Waals surface area contributed by atoms with E-state index in [0.29, 0.717) is 81.9 Å². The fourth-order valence-corrected chi connectivity index (χ4v) is 8.62. The van der Waals surface area contributed by atoms with Crippen LogP contribution in [0.4, 0.5) is 5.00 Å². The number of esters is 1. The van der Waals surface area contributed by atoms with Gasteiger partial charge in [0.25, 0.3) is 5.91 Å². The highest BCUT2D eigenvalue weighted by Gasteiger charge is 2.30. The molecule has 0 saturated carbocycles. The van der Waals surface area contributed by atoms with Gasteiger partial charge < -0.3 is 25.2 Å². The van der Waals surface area contributed by atoms with Gasteiger partial charge in [-0.3, -0.25) is 19.2 Å². The van der Waals surface area contributed by atoms with E-state index in [1.807, 2.05) is 23.9 Å². The summed E-state index contributed by atoms with van der Waals surface area (Å²) >= 11 is 1.43. The lowest BCUT2D eigenvalue weighted by Gasteiger charge is -2.27. The second-order valence-electron chi connectivity index (χ2n) is 16.5. The molecule has 0 unspecified atom stereocenters. The number of nitrogens with zero attached hydrogens (tertiary/aromatic N) is 2. The van der Waals surface area contributed by atoms with Crippen molar-refractivity contribution in [3.05, 3.63) is 28.2 Å². The van der Waals surface area contributed by atoms with Crippen LogP contribution in [0.1, 0.15) is 208 Å². The monoisotopic (exact) mass is 815 g/mol. The average Bonchev–Trinajstić information content (AvgIpc) is 3.55. The first-order valence-corrected chi connectivity index (χ1v) is 24.0. The number of anilines is 1. The van der Waals surface area contributed by atoms with Crippen LogP contribution in [-0.2, 0) is 32.1 Å². The molecule has 0 atom stereocenters.